The lowest BCUT2D eigenvalue weighted by molar-refractivity contribution is -0.161. The minimum absolute atomic E-state index is 0.0454. The number of allylic oxidation sites excluding steroid dienone is 3. The summed E-state index contributed by atoms with van der Waals surface area (Å²) < 4.78 is 0. The number of hydrogen-bond donors (Lipinski definition) is 2. The molecular formula is C25H24O4S. The highest BCUT2D eigenvalue weighted by atomic mass is 32.1. The monoisotopic (exact) mass is 420 g/mol. The second-order valence-electron chi connectivity index (χ2n) is 9.15. The summed E-state index contributed by atoms with van der Waals surface area (Å²) in [5.74, 6) is -1.64. The van der Waals surface area contributed by atoms with Crippen LogP contribution in [0.3, 0.4) is 0 Å². The molecule has 1 heterocycles. The Bertz CT molecular complexity index is 1100. The summed E-state index contributed by atoms with van der Waals surface area (Å²) in [6.07, 6.45) is 3.98. The van der Waals surface area contributed by atoms with Crippen LogP contribution in [0.15, 0.2) is 59.5 Å². The quantitative estimate of drug-likeness (QED) is 0.732. The Kier molecular flexibility index (Phi) is 4.06. The summed E-state index contributed by atoms with van der Waals surface area (Å²) in [7, 11) is 0. The van der Waals surface area contributed by atoms with Gasteiger partial charge >= 0.3 is 0 Å². The average Bonchev–Trinajstić information content (AvgIpc) is 3.34. The fourth-order valence-corrected chi connectivity index (χ4v) is 6.75. The molecule has 0 radical (unpaired) electrons. The highest BCUT2D eigenvalue weighted by Gasteiger charge is 2.70. The molecule has 0 amide bonds. The smallest absolute Gasteiger partial charge is 0.173 e. The number of carbonyl (C=O) groups excluding carboxylic acids is 2. The highest BCUT2D eigenvalue weighted by Crippen LogP contribution is 2.64. The molecule has 1 saturated carbocycles. The molecule has 5 atom stereocenters. The fourth-order valence-electron chi connectivity index (χ4n) is 5.78. The first-order valence-electron chi connectivity index (χ1n) is 10.3. The molecule has 1 aromatic heterocycles. The number of hydrogen-bond acceptors (Lipinski definition) is 5. The van der Waals surface area contributed by atoms with Gasteiger partial charge in [-0.2, -0.15) is 0 Å². The van der Waals surface area contributed by atoms with E-state index in [2.05, 4.69) is 13.8 Å². The molecule has 2 aromatic rings. The van der Waals surface area contributed by atoms with Crippen molar-refractivity contribution in [2.75, 3.05) is 0 Å². The molecule has 154 valence electrons. The maximum Gasteiger partial charge on any atom is 0.173 e. The number of phenols is 1. The van der Waals surface area contributed by atoms with Crippen molar-refractivity contribution in [2.45, 2.75) is 31.8 Å². The third kappa shape index (κ3) is 2.30. The number of carbonyl (C=O) groups is 2. The molecule has 2 bridgehead atoms. The predicted octanol–water partition coefficient (Wildman–Crippen LogP) is 4.14. The zero-order chi connectivity index (χ0) is 21.4. The topological polar surface area (TPSA) is 74.6 Å². The van der Waals surface area contributed by atoms with E-state index in [1.807, 2.05) is 29.7 Å². The Morgan fingerprint density at radius 1 is 1.10 bits per heavy atom. The van der Waals surface area contributed by atoms with Crippen LogP contribution < -0.4 is 0 Å². The second-order valence-corrected chi connectivity index (χ2v) is 10.1. The summed E-state index contributed by atoms with van der Waals surface area (Å²) in [5.41, 5.74) is -0.0515. The SMILES string of the molecule is CC(C)C1=C[C@H]2[C@H]3C(=O)C(c4ccc(O)cc4)=C[C@@]3(c3cccs3)[C@@H]1C(=O)[C@]2(C)O. The number of benzene rings is 1. The van der Waals surface area contributed by atoms with Crippen molar-refractivity contribution in [1.29, 1.82) is 0 Å². The lowest BCUT2D eigenvalue weighted by Crippen LogP contribution is -2.66. The summed E-state index contributed by atoms with van der Waals surface area (Å²) >= 11 is 1.56. The fraction of sp³-hybridized carbons (Fsp3) is 0.360. The van der Waals surface area contributed by atoms with Gasteiger partial charge in [0.1, 0.15) is 11.4 Å². The van der Waals surface area contributed by atoms with Gasteiger partial charge in [0, 0.05) is 27.7 Å². The Morgan fingerprint density at radius 2 is 1.80 bits per heavy atom. The molecule has 30 heavy (non-hydrogen) atoms. The molecule has 1 fully saturated rings. The summed E-state index contributed by atoms with van der Waals surface area (Å²) in [6, 6.07) is 10.6. The lowest BCUT2D eigenvalue weighted by Gasteiger charge is -2.57. The molecule has 2 N–H and O–H groups in total. The van der Waals surface area contributed by atoms with Crippen LogP contribution in [0.1, 0.15) is 31.2 Å². The van der Waals surface area contributed by atoms with Crippen LogP contribution in [-0.2, 0) is 15.0 Å². The van der Waals surface area contributed by atoms with Crippen molar-refractivity contribution in [2.24, 2.45) is 23.7 Å². The van der Waals surface area contributed by atoms with Crippen LogP contribution in [0, 0.1) is 23.7 Å². The zero-order valence-electron chi connectivity index (χ0n) is 17.1. The average molecular weight is 421 g/mol. The first-order valence-corrected chi connectivity index (χ1v) is 11.2. The zero-order valence-corrected chi connectivity index (χ0v) is 17.9. The number of phenolic OH excluding ortho intramolecular Hbond substituents is 1. The van der Waals surface area contributed by atoms with Crippen LogP contribution in [0.4, 0.5) is 0 Å². The summed E-state index contributed by atoms with van der Waals surface area (Å²) in [5, 5.41) is 22.9. The normalized spacial score (nSPS) is 34.9. The van der Waals surface area contributed by atoms with Crippen molar-refractivity contribution >= 4 is 28.5 Å². The number of Topliss-reactive ketones (excluding diaryl/α,β-unsaturated/α-hetero) is 2. The minimum atomic E-state index is -1.57. The van der Waals surface area contributed by atoms with Gasteiger partial charge in [-0.25, -0.2) is 0 Å². The Labute approximate surface area is 179 Å². The van der Waals surface area contributed by atoms with Crippen molar-refractivity contribution < 1.29 is 19.8 Å². The van der Waals surface area contributed by atoms with E-state index in [0.29, 0.717) is 5.57 Å². The van der Waals surface area contributed by atoms with E-state index in [1.165, 1.54) is 0 Å². The minimum Gasteiger partial charge on any atom is -0.508 e. The van der Waals surface area contributed by atoms with E-state index in [1.54, 1.807) is 42.5 Å². The maximum absolute atomic E-state index is 13.8. The Morgan fingerprint density at radius 3 is 2.40 bits per heavy atom. The molecule has 0 aliphatic heterocycles. The number of fused-ring (bicyclic) bond motifs is 1. The van der Waals surface area contributed by atoms with Crippen LogP contribution in [-0.4, -0.2) is 27.4 Å². The largest absolute Gasteiger partial charge is 0.508 e. The van der Waals surface area contributed by atoms with E-state index in [9.17, 15) is 19.8 Å². The maximum atomic E-state index is 13.8. The van der Waals surface area contributed by atoms with Crippen molar-refractivity contribution in [3.05, 3.63) is 69.9 Å². The third-order valence-corrected chi connectivity index (χ3v) is 8.23. The van der Waals surface area contributed by atoms with Crippen LogP contribution in [0.25, 0.3) is 5.57 Å². The molecule has 1 aromatic carbocycles. The van der Waals surface area contributed by atoms with Gasteiger partial charge < -0.3 is 10.2 Å². The molecule has 6 rings (SSSR count). The van der Waals surface area contributed by atoms with Crippen LogP contribution in [0.5, 0.6) is 5.75 Å². The van der Waals surface area contributed by atoms with Crippen LogP contribution in [0.2, 0.25) is 0 Å². The molecular weight excluding hydrogens is 396 g/mol. The first kappa shape index (κ1) is 19.5. The molecule has 4 aliphatic rings. The van der Waals surface area contributed by atoms with Gasteiger partial charge in [0.05, 0.1) is 5.92 Å². The molecule has 5 heteroatoms. The Balaban J connectivity index is 1.81. The number of aromatic hydroxyl groups is 1. The van der Waals surface area contributed by atoms with E-state index < -0.39 is 28.8 Å². The number of ketones is 2. The Hall–Kier alpha value is -2.50. The number of aliphatic hydroxyl groups is 1. The van der Waals surface area contributed by atoms with E-state index >= 15 is 0 Å². The van der Waals surface area contributed by atoms with Gasteiger partial charge in [-0.15, -0.1) is 11.3 Å². The number of thiophene rings is 1. The van der Waals surface area contributed by atoms with Gasteiger partial charge in [-0.1, -0.05) is 49.8 Å². The molecule has 0 unspecified atom stereocenters. The van der Waals surface area contributed by atoms with Crippen molar-refractivity contribution in [3.63, 3.8) is 0 Å². The van der Waals surface area contributed by atoms with Crippen LogP contribution >= 0.6 is 11.3 Å². The highest BCUT2D eigenvalue weighted by molar-refractivity contribution is 7.10. The van der Waals surface area contributed by atoms with Gasteiger partial charge in [0.2, 0.25) is 0 Å². The standard InChI is InChI=1S/C25H24O4S/c1-13(2)16-11-18-21-22(27)17(14-6-8-15(26)9-7-14)12-25(21,19-5-4-10-30-19)20(16)23(28)24(18,3)29/h4-13,18,20-21,26,29H,1-3H3/t18-,20-,21-,24+,25+/m0/s1. The van der Waals surface area contributed by atoms with E-state index in [0.717, 1.165) is 16.0 Å². The molecule has 0 spiro atoms. The van der Waals surface area contributed by atoms with Crippen molar-refractivity contribution in [3.8, 4) is 5.75 Å². The van der Waals surface area contributed by atoms with Crippen molar-refractivity contribution in [1.82, 2.24) is 0 Å². The predicted molar refractivity (Wildman–Crippen MR) is 116 cm³/mol. The van der Waals surface area contributed by atoms with E-state index in [4.69, 9.17) is 0 Å². The van der Waals surface area contributed by atoms with Gasteiger partial charge in [-0.05, 0) is 42.0 Å². The second kappa shape index (κ2) is 6.25. The van der Waals surface area contributed by atoms with Gasteiger partial charge in [0.15, 0.2) is 11.6 Å². The molecule has 0 saturated heterocycles. The first-order chi connectivity index (χ1) is 14.2. The summed E-state index contributed by atoms with van der Waals surface area (Å²) in [6.45, 7) is 5.69. The lowest BCUT2D eigenvalue weighted by atomic mass is 9.46. The molecule has 4 nitrogen and oxygen atoms in total. The molecule has 4 aliphatic carbocycles. The van der Waals surface area contributed by atoms with Gasteiger partial charge in [-0.3, -0.25) is 9.59 Å². The van der Waals surface area contributed by atoms with Gasteiger partial charge in [0.25, 0.3) is 0 Å². The number of rotatable bonds is 3. The summed E-state index contributed by atoms with van der Waals surface area (Å²) in [4.78, 5) is 28.4. The van der Waals surface area contributed by atoms with E-state index in [-0.39, 0.29) is 23.2 Å². The third-order valence-electron chi connectivity index (χ3n) is 7.19.